The number of carbonyl (C=O) groups excluding carboxylic acids is 1. The molecule has 1 heterocycles. The number of para-hydroxylation sites is 1. The summed E-state index contributed by atoms with van der Waals surface area (Å²) in [5.74, 6) is 1.12. The van der Waals surface area contributed by atoms with Crippen molar-refractivity contribution < 1.29 is 18.7 Å². The lowest BCUT2D eigenvalue weighted by molar-refractivity contribution is 0.0891. The number of carbonyl (C=O) groups is 1. The predicted molar refractivity (Wildman–Crippen MR) is 69.2 cm³/mol. The first kappa shape index (κ1) is 12.7. The van der Waals surface area contributed by atoms with Gasteiger partial charge in [0, 0.05) is 0 Å². The van der Waals surface area contributed by atoms with Crippen molar-refractivity contribution in [1.82, 2.24) is 0 Å². The zero-order valence-corrected chi connectivity index (χ0v) is 11.3. The molecular formula is C13H11BrO4. The third-order valence-corrected chi connectivity index (χ3v) is 2.92. The van der Waals surface area contributed by atoms with Gasteiger partial charge in [0.15, 0.2) is 23.9 Å². The van der Waals surface area contributed by atoms with Crippen LogP contribution in [0, 0.1) is 0 Å². The van der Waals surface area contributed by atoms with E-state index in [1.807, 2.05) is 12.1 Å². The van der Waals surface area contributed by atoms with E-state index >= 15 is 0 Å². The molecule has 0 N–H and O–H groups in total. The maximum absolute atomic E-state index is 11.7. The van der Waals surface area contributed by atoms with Gasteiger partial charge in [-0.05, 0) is 40.2 Å². The van der Waals surface area contributed by atoms with Gasteiger partial charge in [-0.15, -0.1) is 0 Å². The van der Waals surface area contributed by atoms with E-state index in [1.54, 1.807) is 25.3 Å². The SMILES string of the molecule is COc1cccc(Br)c1OCC(=O)c1ccco1. The molecule has 1 aromatic heterocycles. The van der Waals surface area contributed by atoms with Crippen LogP contribution in [-0.2, 0) is 0 Å². The standard InChI is InChI=1S/C13H11BrO4/c1-16-12-5-2-4-9(14)13(12)18-8-10(15)11-6-3-7-17-11/h2-7H,8H2,1H3. The Labute approximate surface area is 113 Å². The smallest absolute Gasteiger partial charge is 0.235 e. The number of rotatable bonds is 5. The van der Waals surface area contributed by atoms with Crippen molar-refractivity contribution in [3.05, 3.63) is 46.8 Å². The van der Waals surface area contributed by atoms with E-state index in [2.05, 4.69) is 15.9 Å². The monoisotopic (exact) mass is 310 g/mol. The summed E-state index contributed by atoms with van der Waals surface area (Å²) in [6, 6.07) is 8.66. The fourth-order valence-electron chi connectivity index (χ4n) is 1.44. The first-order valence-electron chi connectivity index (χ1n) is 5.24. The van der Waals surface area contributed by atoms with E-state index < -0.39 is 0 Å². The van der Waals surface area contributed by atoms with Crippen molar-refractivity contribution in [1.29, 1.82) is 0 Å². The molecule has 5 heteroatoms. The van der Waals surface area contributed by atoms with Crippen LogP contribution in [0.3, 0.4) is 0 Å². The number of benzene rings is 1. The molecule has 0 aliphatic heterocycles. The summed E-state index contributed by atoms with van der Waals surface area (Å²) in [4.78, 5) is 11.7. The lowest BCUT2D eigenvalue weighted by Crippen LogP contribution is -2.11. The first-order valence-corrected chi connectivity index (χ1v) is 6.03. The van der Waals surface area contributed by atoms with Gasteiger partial charge in [-0.25, -0.2) is 0 Å². The molecule has 0 unspecified atom stereocenters. The Hall–Kier alpha value is -1.75. The molecule has 0 saturated heterocycles. The van der Waals surface area contributed by atoms with E-state index in [0.29, 0.717) is 11.5 Å². The molecule has 0 spiro atoms. The molecule has 2 aromatic rings. The number of ketones is 1. The first-order chi connectivity index (χ1) is 8.72. The van der Waals surface area contributed by atoms with E-state index in [-0.39, 0.29) is 18.2 Å². The van der Waals surface area contributed by atoms with Crippen LogP contribution in [0.1, 0.15) is 10.6 Å². The topological polar surface area (TPSA) is 48.7 Å². The van der Waals surface area contributed by atoms with Gasteiger partial charge in [0.25, 0.3) is 0 Å². The van der Waals surface area contributed by atoms with Gasteiger partial charge in [-0.1, -0.05) is 6.07 Å². The third kappa shape index (κ3) is 2.73. The van der Waals surface area contributed by atoms with Gasteiger partial charge < -0.3 is 13.9 Å². The highest BCUT2D eigenvalue weighted by atomic mass is 79.9. The molecule has 94 valence electrons. The van der Waals surface area contributed by atoms with Crippen LogP contribution in [0.5, 0.6) is 11.5 Å². The molecule has 4 nitrogen and oxygen atoms in total. The Morgan fingerprint density at radius 1 is 1.33 bits per heavy atom. The largest absolute Gasteiger partial charge is 0.493 e. The Morgan fingerprint density at radius 3 is 2.83 bits per heavy atom. The second kappa shape index (κ2) is 5.73. The summed E-state index contributed by atoms with van der Waals surface area (Å²) in [5.41, 5.74) is 0. The summed E-state index contributed by atoms with van der Waals surface area (Å²) in [6.07, 6.45) is 1.45. The van der Waals surface area contributed by atoms with Gasteiger partial charge in [-0.2, -0.15) is 0 Å². The van der Waals surface area contributed by atoms with Gasteiger partial charge in [0.05, 0.1) is 17.8 Å². The summed E-state index contributed by atoms with van der Waals surface area (Å²) in [6.45, 7) is -0.105. The van der Waals surface area contributed by atoms with Crippen LogP contribution < -0.4 is 9.47 Å². The molecule has 0 aliphatic rings. The van der Waals surface area contributed by atoms with Crippen molar-refractivity contribution in [2.75, 3.05) is 13.7 Å². The van der Waals surface area contributed by atoms with E-state index in [1.165, 1.54) is 6.26 Å². The van der Waals surface area contributed by atoms with Gasteiger partial charge in [-0.3, -0.25) is 4.79 Å². The fourth-order valence-corrected chi connectivity index (χ4v) is 1.90. The van der Waals surface area contributed by atoms with Crippen LogP contribution in [0.25, 0.3) is 0 Å². The van der Waals surface area contributed by atoms with Crippen LogP contribution in [-0.4, -0.2) is 19.5 Å². The van der Waals surface area contributed by atoms with Crippen LogP contribution in [0.15, 0.2) is 45.5 Å². The van der Waals surface area contributed by atoms with Crippen molar-refractivity contribution in [3.63, 3.8) is 0 Å². The highest BCUT2D eigenvalue weighted by Crippen LogP contribution is 2.34. The predicted octanol–water partition coefficient (Wildman–Crippen LogP) is 3.31. The lowest BCUT2D eigenvalue weighted by atomic mass is 10.3. The fraction of sp³-hybridized carbons (Fsp3) is 0.154. The summed E-state index contributed by atoms with van der Waals surface area (Å²) < 4.78 is 16.4. The van der Waals surface area contributed by atoms with Crippen molar-refractivity contribution in [2.24, 2.45) is 0 Å². The highest BCUT2D eigenvalue weighted by Gasteiger charge is 2.13. The number of methoxy groups -OCH3 is 1. The summed E-state index contributed by atoms with van der Waals surface area (Å²) in [5, 5.41) is 0. The summed E-state index contributed by atoms with van der Waals surface area (Å²) in [7, 11) is 1.54. The average Bonchev–Trinajstić information content (AvgIpc) is 2.90. The van der Waals surface area contributed by atoms with Gasteiger partial charge >= 0.3 is 0 Å². The minimum Gasteiger partial charge on any atom is -0.493 e. The molecule has 0 fully saturated rings. The molecule has 0 aliphatic carbocycles. The molecular weight excluding hydrogens is 300 g/mol. The Balaban J connectivity index is 2.09. The number of Topliss-reactive ketones (excluding diaryl/α,β-unsaturated/α-hetero) is 1. The summed E-state index contributed by atoms with van der Waals surface area (Å²) >= 11 is 3.35. The highest BCUT2D eigenvalue weighted by molar-refractivity contribution is 9.10. The second-order valence-electron chi connectivity index (χ2n) is 3.46. The normalized spacial score (nSPS) is 10.1. The molecule has 0 saturated carbocycles. The van der Waals surface area contributed by atoms with Crippen LogP contribution in [0.4, 0.5) is 0 Å². The van der Waals surface area contributed by atoms with Crippen molar-refractivity contribution >= 4 is 21.7 Å². The minimum absolute atomic E-state index is 0.105. The maximum Gasteiger partial charge on any atom is 0.235 e. The number of halogens is 1. The van der Waals surface area contributed by atoms with E-state index in [0.717, 1.165) is 4.47 Å². The lowest BCUT2D eigenvalue weighted by Gasteiger charge is -2.11. The van der Waals surface area contributed by atoms with E-state index in [9.17, 15) is 4.79 Å². The Morgan fingerprint density at radius 2 is 2.17 bits per heavy atom. The van der Waals surface area contributed by atoms with Crippen molar-refractivity contribution in [3.8, 4) is 11.5 Å². The molecule has 1 aromatic carbocycles. The Kier molecular flexibility index (Phi) is 4.04. The van der Waals surface area contributed by atoms with E-state index in [4.69, 9.17) is 13.9 Å². The minimum atomic E-state index is -0.224. The number of ether oxygens (including phenoxy) is 2. The molecule has 0 radical (unpaired) electrons. The zero-order chi connectivity index (χ0) is 13.0. The number of hydrogen-bond donors (Lipinski definition) is 0. The van der Waals surface area contributed by atoms with Gasteiger partial charge in [0.1, 0.15) is 0 Å². The molecule has 18 heavy (non-hydrogen) atoms. The molecule has 0 amide bonds. The molecule has 0 bridgehead atoms. The second-order valence-corrected chi connectivity index (χ2v) is 4.31. The maximum atomic E-state index is 11.7. The van der Waals surface area contributed by atoms with Gasteiger partial charge in [0.2, 0.25) is 5.78 Å². The van der Waals surface area contributed by atoms with Crippen LogP contribution in [0.2, 0.25) is 0 Å². The molecule has 2 rings (SSSR count). The zero-order valence-electron chi connectivity index (χ0n) is 9.68. The third-order valence-electron chi connectivity index (χ3n) is 2.29. The average molecular weight is 311 g/mol. The van der Waals surface area contributed by atoms with Crippen molar-refractivity contribution in [2.45, 2.75) is 0 Å². The quantitative estimate of drug-likeness (QED) is 0.795. The van der Waals surface area contributed by atoms with Crippen LogP contribution >= 0.6 is 15.9 Å². The number of furan rings is 1. The molecule has 0 atom stereocenters. The number of hydrogen-bond acceptors (Lipinski definition) is 4. The Bertz CT molecular complexity index is 534.